The molecule has 104 valence electrons. The van der Waals surface area contributed by atoms with Gasteiger partial charge >= 0.3 is 6.09 Å². The Bertz CT molecular complexity index is 749. The summed E-state index contributed by atoms with van der Waals surface area (Å²) in [6.07, 6.45) is 2.55. The van der Waals surface area contributed by atoms with Gasteiger partial charge in [0.25, 0.3) is 0 Å². The number of nitrogens with zero attached hydrogens (tertiary/aromatic N) is 2. The van der Waals surface area contributed by atoms with Crippen LogP contribution >= 0.6 is 0 Å². The maximum Gasteiger partial charge on any atom is 0.424 e. The van der Waals surface area contributed by atoms with Crippen molar-refractivity contribution < 1.29 is 9.53 Å². The highest BCUT2D eigenvalue weighted by molar-refractivity contribution is 5.74. The number of anilines is 1. The van der Waals surface area contributed by atoms with Crippen molar-refractivity contribution >= 4 is 11.8 Å². The number of nitrogen functional groups attached to an aromatic ring is 1. The minimum Gasteiger partial charge on any atom is -0.410 e. The molecule has 3 aromatic rings. The Balaban J connectivity index is 1.77. The van der Waals surface area contributed by atoms with Gasteiger partial charge in [-0.25, -0.2) is 14.3 Å². The van der Waals surface area contributed by atoms with Crippen LogP contribution in [0, 0.1) is 0 Å². The van der Waals surface area contributed by atoms with Gasteiger partial charge in [0.15, 0.2) is 0 Å². The molecule has 0 atom stereocenters. The van der Waals surface area contributed by atoms with Crippen molar-refractivity contribution in [3.63, 3.8) is 0 Å². The number of hydrogen-bond acceptors (Lipinski definition) is 4. The molecule has 0 spiro atoms. The van der Waals surface area contributed by atoms with Gasteiger partial charge in [-0.3, -0.25) is 0 Å². The van der Waals surface area contributed by atoms with E-state index >= 15 is 0 Å². The molecule has 0 fully saturated rings. The number of hydrogen-bond donors (Lipinski definition) is 1. The second-order valence-corrected chi connectivity index (χ2v) is 4.47. The van der Waals surface area contributed by atoms with Crippen LogP contribution in [0.5, 0.6) is 5.75 Å². The molecule has 0 aliphatic carbocycles. The molecule has 5 nitrogen and oxygen atoms in total. The molecule has 1 heterocycles. The molecule has 2 aromatic carbocycles. The van der Waals surface area contributed by atoms with Crippen molar-refractivity contribution in [3.8, 4) is 17.0 Å². The molecular weight excluding hydrogens is 266 g/mol. The summed E-state index contributed by atoms with van der Waals surface area (Å²) in [5.41, 5.74) is 7.85. The number of ether oxygens (including phenoxy) is 1. The third-order valence-corrected chi connectivity index (χ3v) is 2.95. The first-order valence-electron chi connectivity index (χ1n) is 6.39. The van der Waals surface area contributed by atoms with E-state index < -0.39 is 6.09 Å². The van der Waals surface area contributed by atoms with E-state index in [4.69, 9.17) is 10.5 Å². The molecule has 0 aliphatic heterocycles. The van der Waals surface area contributed by atoms with Crippen LogP contribution in [0.2, 0.25) is 0 Å². The van der Waals surface area contributed by atoms with E-state index in [1.165, 1.54) is 10.9 Å². The zero-order chi connectivity index (χ0) is 14.7. The molecule has 0 bridgehead atoms. The van der Waals surface area contributed by atoms with E-state index in [0.29, 0.717) is 17.1 Å². The Morgan fingerprint density at radius 1 is 1.05 bits per heavy atom. The minimum atomic E-state index is -0.519. The summed E-state index contributed by atoms with van der Waals surface area (Å²) in [6.45, 7) is 0. The zero-order valence-electron chi connectivity index (χ0n) is 11.1. The number of imidazole rings is 1. The zero-order valence-corrected chi connectivity index (χ0v) is 11.1. The highest BCUT2D eigenvalue weighted by atomic mass is 16.6. The van der Waals surface area contributed by atoms with Crippen molar-refractivity contribution in [1.29, 1.82) is 0 Å². The summed E-state index contributed by atoms with van der Waals surface area (Å²) in [4.78, 5) is 16.2. The number of benzene rings is 2. The van der Waals surface area contributed by atoms with Gasteiger partial charge < -0.3 is 10.5 Å². The van der Waals surface area contributed by atoms with Gasteiger partial charge in [0.1, 0.15) is 12.1 Å². The first kappa shape index (κ1) is 12.9. The van der Waals surface area contributed by atoms with Gasteiger partial charge in [0.05, 0.1) is 5.69 Å². The lowest BCUT2D eigenvalue weighted by Gasteiger charge is -2.04. The fraction of sp³-hybridized carbons (Fsp3) is 0. The first-order valence-corrected chi connectivity index (χ1v) is 6.39. The molecular formula is C16H13N3O2. The van der Waals surface area contributed by atoms with Crippen LogP contribution in [-0.2, 0) is 0 Å². The van der Waals surface area contributed by atoms with Crippen molar-refractivity contribution in [3.05, 3.63) is 67.1 Å². The van der Waals surface area contributed by atoms with Crippen LogP contribution in [0.4, 0.5) is 10.5 Å². The van der Waals surface area contributed by atoms with E-state index in [2.05, 4.69) is 4.98 Å². The van der Waals surface area contributed by atoms with E-state index in [0.717, 1.165) is 5.56 Å². The largest absolute Gasteiger partial charge is 0.424 e. The summed E-state index contributed by atoms with van der Waals surface area (Å²) < 4.78 is 6.54. The molecule has 0 radical (unpaired) electrons. The van der Waals surface area contributed by atoms with Gasteiger partial charge in [-0.2, -0.15) is 0 Å². The van der Waals surface area contributed by atoms with Crippen LogP contribution in [0.1, 0.15) is 0 Å². The summed E-state index contributed by atoms with van der Waals surface area (Å²) in [5.74, 6) is 0.434. The molecule has 1 aromatic heterocycles. The average molecular weight is 279 g/mol. The smallest absolute Gasteiger partial charge is 0.410 e. The van der Waals surface area contributed by atoms with Gasteiger partial charge in [-0.15, -0.1) is 0 Å². The molecule has 3 rings (SSSR count). The monoisotopic (exact) mass is 279 g/mol. The van der Waals surface area contributed by atoms with E-state index in [1.54, 1.807) is 30.5 Å². The molecule has 21 heavy (non-hydrogen) atoms. The number of aromatic nitrogens is 2. The lowest BCUT2D eigenvalue weighted by molar-refractivity contribution is 0.202. The fourth-order valence-corrected chi connectivity index (χ4v) is 1.87. The third kappa shape index (κ3) is 2.92. The normalized spacial score (nSPS) is 10.3. The number of carbonyl (C=O) groups excluding carboxylic acids is 1. The molecule has 0 saturated heterocycles. The van der Waals surface area contributed by atoms with Crippen LogP contribution in [0.25, 0.3) is 11.3 Å². The summed E-state index contributed by atoms with van der Waals surface area (Å²) in [5, 5.41) is 0. The topological polar surface area (TPSA) is 70.1 Å². The SMILES string of the molecule is Nc1ccc(OC(=O)n2cnc(-c3ccccc3)c2)cc1. The maximum atomic E-state index is 12.0. The molecule has 5 heteroatoms. The Labute approximate surface area is 121 Å². The first-order chi connectivity index (χ1) is 10.2. The molecule has 0 amide bonds. The standard InChI is InChI=1S/C16H13N3O2/c17-13-6-8-14(9-7-13)21-16(20)19-10-15(18-11-19)12-4-2-1-3-5-12/h1-11H,17H2. The number of carbonyl (C=O) groups is 1. The molecule has 0 unspecified atom stereocenters. The van der Waals surface area contributed by atoms with Crippen molar-refractivity contribution in [2.45, 2.75) is 0 Å². The third-order valence-electron chi connectivity index (χ3n) is 2.95. The van der Waals surface area contributed by atoms with Crippen LogP contribution in [0.3, 0.4) is 0 Å². The maximum absolute atomic E-state index is 12.0. The predicted octanol–water partition coefficient (Wildman–Crippen LogP) is 3.18. The molecule has 0 aliphatic rings. The minimum absolute atomic E-state index is 0.434. The number of nitrogens with two attached hydrogens (primary N) is 1. The highest BCUT2D eigenvalue weighted by Crippen LogP contribution is 2.17. The van der Waals surface area contributed by atoms with Gasteiger partial charge in [-0.05, 0) is 24.3 Å². The highest BCUT2D eigenvalue weighted by Gasteiger charge is 2.10. The fourth-order valence-electron chi connectivity index (χ4n) is 1.87. The lowest BCUT2D eigenvalue weighted by Crippen LogP contribution is -2.14. The molecule has 0 saturated carbocycles. The average Bonchev–Trinajstić information content (AvgIpc) is 3.00. The summed E-state index contributed by atoms with van der Waals surface area (Å²) in [6, 6.07) is 16.2. The van der Waals surface area contributed by atoms with Gasteiger partial charge in [0.2, 0.25) is 0 Å². The van der Waals surface area contributed by atoms with Crippen molar-refractivity contribution in [2.75, 3.05) is 5.73 Å². The quantitative estimate of drug-likeness (QED) is 0.731. The van der Waals surface area contributed by atoms with E-state index in [1.807, 2.05) is 30.3 Å². The van der Waals surface area contributed by atoms with E-state index in [9.17, 15) is 4.79 Å². The van der Waals surface area contributed by atoms with Gasteiger partial charge in [0, 0.05) is 17.4 Å². The summed E-state index contributed by atoms with van der Waals surface area (Å²) >= 11 is 0. The second kappa shape index (κ2) is 5.50. The Kier molecular flexibility index (Phi) is 3.39. The number of rotatable bonds is 2. The van der Waals surface area contributed by atoms with Gasteiger partial charge in [-0.1, -0.05) is 30.3 Å². The van der Waals surface area contributed by atoms with E-state index in [-0.39, 0.29) is 0 Å². The van der Waals surface area contributed by atoms with Crippen LogP contribution < -0.4 is 10.5 Å². The molecule has 2 N–H and O–H groups in total. The Hall–Kier alpha value is -3.08. The Morgan fingerprint density at radius 3 is 2.48 bits per heavy atom. The van der Waals surface area contributed by atoms with Crippen LogP contribution in [-0.4, -0.2) is 15.6 Å². The van der Waals surface area contributed by atoms with Crippen molar-refractivity contribution in [2.24, 2.45) is 0 Å². The second-order valence-electron chi connectivity index (χ2n) is 4.47. The van der Waals surface area contributed by atoms with Crippen molar-refractivity contribution in [1.82, 2.24) is 9.55 Å². The Morgan fingerprint density at radius 2 is 1.76 bits per heavy atom. The summed E-state index contributed by atoms with van der Waals surface area (Å²) in [7, 11) is 0. The predicted molar refractivity (Wildman–Crippen MR) is 79.9 cm³/mol. The lowest BCUT2D eigenvalue weighted by atomic mass is 10.2. The van der Waals surface area contributed by atoms with Crippen LogP contribution in [0.15, 0.2) is 67.1 Å².